The highest BCUT2D eigenvalue weighted by Crippen LogP contribution is 2.45. The number of aliphatic hydroxyl groups excluding tert-OH is 1. The van der Waals surface area contributed by atoms with Gasteiger partial charge >= 0.3 is 5.97 Å². The zero-order valence-electron chi connectivity index (χ0n) is 35.3. The van der Waals surface area contributed by atoms with E-state index in [1.807, 2.05) is 45.0 Å². The molecule has 1 heterocycles. The Bertz CT molecular complexity index is 1310. The number of Topliss-reactive ketones (excluding diaryl/α,β-unsaturated/α-hetero) is 1. The molecule has 0 aliphatic rings. The van der Waals surface area contributed by atoms with Crippen LogP contribution >= 0.6 is 0 Å². The molecule has 0 aliphatic heterocycles. The molecule has 0 spiro atoms. The van der Waals surface area contributed by atoms with Gasteiger partial charge in [0.2, 0.25) is 0 Å². The number of ketones is 1. The van der Waals surface area contributed by atoms with Gasteiger partial charge in [0.15, 0.2) is 16.6 Å². The largest absolute Gasteiger partial charge is 0.475 e. The first kappa shape index (κ1) is 47.1. The summed E-state index contributed by atoms with van der Waals surface area (Å²) in [6.07, 6.45) is 10.2. The number of hydrogen-bond donors (Lipinski definition) is 2. The molecule has 0 fully saturated rings. The van der Waals surface area contributed by atoms with Crippen LogP contribution in [-0.4, -0.2) is 61.9 Å². The maximum absolute atomic E-state index is 13.4. The highest BCUT2D eigenvalue weighted by atomic mass is 28.4. The summed E-state index contributed by atoms with van der Waals surface area (Å²) in [4.78, 5) is 29.9. The summed E-state index contributed by atoms with van der Waals surface area (Å²) in [5.74, 6) is -1.91. The molecular weight excluding hydrogens is 671 g/mol. The Kier molecular flexibility index (Phi) is 17.9. The summed E-state index contributed by atoms with van der Waals surface area (Å²) in [5, 5.41) is 20.6. The first-order valence-electron chi connectivity index (χ1n) is 19.2. The number of allylic oxidation sites excluding steroid dienone is 1. The number of hydrogen-bond acceptors (Lipinski definition) is 6. The van der Waals surface area contributed by atoms with Gasteiger partial charge in [-0.05, 0) is 130 Å². The molecule has 0 aromatic carbocycles. The van der Waals surface area contributed by atoms with E-state index in [0.717, 1.165) is 43.4 Å². The van der Waals surface area contributed by atoms with Crippen molar-refractivity contribution in [3.05, 3.63) is 47.3 Å². The number of aliphatic carboxylic acids is 1. The number of carboxylic acids is 1. The number of nitrogens with zero attached hydrogens (tertiary/aromatic N) is 1. The van der Waals surface area contributed by atoms with Crippen LogP contribution in [0.2, 0.25) is 36.3 Å². The molecule has 0 unspecified atom stereocenters. The van der Waals surface area contributed by atoms with Gasteiger partial charge in [0.25, 0.3) is 5.78 Å². The van der Waals surface area contributed by atoms with E-state index < -0.39 is 46.0 Å². The normalized spacial score (nSPS) is 17.1. The topological polar surface area (TPSA) is 106 Å². The molecule has 1 aromatic rings. The van der Waals surface area contributed by atoms with Crippen LogP contribution in [0.4, 0.5) is 0 Å². The Balaban J connectivity index is 3.31. The van der Waals surface area contributed by atoms with E-state index in [4.69, 9.17) is 8.85 Å². The van der Waals surface area contributed by atoms with Gasteiger partial charge in [-0.2, -0.15) is 0 Å². The van der Waals surface area contributed by atoms with Crippen LogP contribution < -0.4 is 0 Å². The zero-order valence-corrected chi connectivity index (χ0v) is 37.3. The fraction of sp³-hybridized carbons (Fsp3) is 0.738. The summed E-state index contributed by atoms with van der Waals surface area (Å²) >= 11 is 0. The van der Waals surface area contributed by atoms with E-state index in [-0.39, 0.29) is 28.0 Å². The molecule has 51 heavy (non-hydrogen) atoms. The third-order valence-electron chi connectivity index (χ3n) is 11.6. The number of carbonyl (C=O) groups excluding carboxylic acids is 1. The Morgan fingerprint density at radius 1 is 0.922 bits per heavy atom. The van der Waals surface area contributed by atoms with Crippen LogP contribution in [0.1, 0.15) is 134 Å². The summed E-state index contributed by atoms with van der Waals surface area (Å²) in [7, 11) is -4.66. The van der Waals surface area contributed by atoms with Gasteiger partial charge < -0.3 is 19.1 Å². The summed E-state index contributed by atoms with van der Waals surface area (Å²) in [6, 6.07) is 5.76. The average molecular weight is 746 g/mol. The molecule has 9 heteroatoms. The van der Waals surface area contributed by atoms with Gasteiger partial charge in [0.1, 0.15) is 6.10 Å². The molecule has 292 valence electrons. The molecule has 0 aliphatic carbocycles. The number of aromatic nitrogens is 1. The Labute approximate surface area is 314 Å². The first-order valence-corrected chi connectivity index (χ1v) is 25.0. The second-order valence-corrected chi connectivity index (χ2v) is 28.3. The Morgan fingerprint density at radius 3 is 1.98 bits per heavy atom. The van der Waals surface area contributed by atoms with Crippen LogP contribution in [0.3, 0.4) is 0 Å². The van der Waals surface area contributed by atoms with Crippen molar-refractivity contribution in [1.29, 1.82) is 0 Å². The Morgan fingerprint density at radius 2 is 1.49 bits per heavy atom. The number of aliphatic hydroxyl groups is 1. The predicted molar refractivity (Wildman–Crippen MR) is 219 cm³/mol. The van der Waals surface area contributed by atoms with Crippen LogP contribution in [0.5, 0.6) is 0 Å². The van der Waals surface area contributed by atoms with Gasteiger partial charge in [0.05, 0.1) is 17.9 Å². The predicted octanol–water partition coefficient (Wildman–Crippen LogP) is 11.3. The fourth-order valence-electron chi connectivity index (χ4n) is 6.14. The number of rotatable bonds is 21. The standard InChI is InChI=1S/C42H75NO6Si2/c1-17-21-33(29-42(11,12)38(36(45)39(46)47)49-51(15,16)41(8,9)10)37(48-50(13,14)40(5,6)7)31(3)23-20-22-30(2)25-26-35(44)32(4)28-34-24-18-19-27-43-34/h18-19,24-25,27-28,31,33,35,37-38,44H,17,20-23,26,29H2,1-16H3,(H,46,47)/t31-,33+,35-,37-,38+/m0/s1. The van der Waals surface area contributed by atoms with Gasteiger partial charge in [-0.3, -0.25) is 9.78 Å². The molecule has 5 atom stereocenters. The van der Waals surface area contributed by atoms with Crippen molar-refractivity contribution in [2.45, 2.75) is 183 Å². The quantitative estimate of drug-likeness (QED) is 0.0733. The number of pyridine rings is 1. The number of carbonyl (C=O) groups is 2. The van der Waals surface area contributed by atoms with Crippen molar-refractivity contribution >= 4 is 34.5 Å². The van der Waals surface area contributed by atoms with Crippen molar-refractivity contribution in [2.24, 2.45) is 17.3 Å². The molecule has 0 radical (unpaired) electrons. The number of carboxylic acid groups (broad SMARTS) is 1. The lowest BCUT2D eigenvalue weighted by molar-refractivity contribution is -0.156. The van der Waals surface area contributed by atoms with Crippen molar-refractivity contribution in [3.63, 3.8) is 0 Å². The fourth-order valence-corrected chi connectivity index (χ4v) is 8.97. The summed E-state index contributed by atoms with van der Waals surface area (Å²) in [6.45, 7) is 34.5. The van der Waals surface area contributed by atoms with Crippen LogP contribution in [0, 0.1) is 17.3 Å². The highest BCUT2D eigenvalue weighted by molar-refractivity contribution is 6.74. The minimum absolute atomic E-state index is 0.0216. The monoisotopic (exact) mass is 746 g/mol. The maximum atomic E-state index is 13.4. The van der Waals surface area contributed by atoms with E-state index >= 15 is 0 Å². The second kappa shape index (κ2) is 19.4. The van der Waals surface area contributed by atoms with Gasteiger partial charge in [-0.15, -0.1) is 0 Å². The molecule has 0 amide bonds. The molecule has 2 N–H and O–H groups in total. The lowest BCUT2D eigenvalue weighted by atomic mass is 9.72. The average Bonchev–Trinajstić information content (AvgIpc) is 2.99. The minimum Gasteiger partial charge on any atom is -0.475 e. The highest BCUT2D eigenvalue weighted by Gasteiger charge is 2.49. The molecule has 0 saturated carbocycles. The van der Waals surface area contributed by atoms with Crippen LogP contribution in [0.15, 0.2) is 41.6 Å². The molecular formula is C42H75NO6Si2. The summed E-state index contributed by atoms with van der Waals surface area (Å²) < 4.78 is 14.0. The molecule has 7 nitrogen and oxygen atoms in total. The van der Waals surface area contributed by atoms with Crippen molar-refractivity contribution in [2.75, 3.05) is 0 Å². The van der Waals surface area contributed by atoms with Gasteiger partial charge in [0, 0.05) is 6.20 Å². The molecule has 1 rings (SSSR count). The first-order chi connectivity index (χ1) is 23.2. The van der Waals surface area contributed by atoms with E-state index in [9.17, 15) is 19.8 Å². The van der Waals surface area contributed by atoms with Crippen molar-refractivity contribution < 1.29 is 28.7 Å². The van der Waals surface area contributed by atoms with Gasteiger partial charge in [-0.25, -0.2) is 4.79 Å². The lowest BCUT2D eigenvalue weighted by Gasteiger charge is -2.47. The van der Waals surface area contributed by atoms with Crippen LogP contribution in [-0.2, 0) is 18.4 Å². The molecule has 0 bridgehead atoms. The lowest BCUT2D eigenvalue weighted by Crippen LogP contribution is -2.54. The van der Waals surface area contributed by atoms with Gasteiger partial charge in [-0.1, -0.05) is 93.4 Å². The van der Waals surface area contributed by atoms with E-state index in [0.29, 0.717) is 12.8 Å². The SMILES string of the molecule is CCC[C@H](CC(C)(C)[C@H](O[Si](C)(C)C(C)(C)C)C(=O)C(=O)O)[C@@H](O[Si](C)(C)C(C)(C)C)[C@@H](C)CCCC(C)=CC[C@H](O)C(C)=Cc1ccccn1. The summed E-state index contributed by atoms with van der Waals surface area (Å²) in [5.41, 5.74) is 2.28. The van der Waals surface area contributed by atoms with E-state index in [2.05, 4.69) is 99.6 Å². The van der Waals surface area contributed by atoms with E-state index in [1.54, 1.807) is 6.20 Å². The Hall–Kier alpha value is -1.92. The van der Waals surface area contributed by atoms with Crippen LogP contribution in [0.25, 0.3) is 6.08 Å². The molecule has 1 aromatic heterocycles. The third-order valence-corrected chi connectivity index (χ3v) is 20.5. The second-order valence-electron chi connectivity index (χ2n) is 18.8. The van der Waals surface area contributed by atoms with Crippen molar-refractivity contribution in [1.82, 2.24) is 4.98 Å². The third kappa shape index (κ3) is 14.8. The molecule has 0 saturated heterocycles. The zero-order chi connectivity index (χ0) is 39.6. The maximum Gasteiger partial charge on any atom is 0.374 e. The minimum atomic E-state index is -2.47. The smallest absolute Gasteiger partial charge is 0.374 e. The van der Waals surface area contributed by atoms with Crippen molar-refractivity contribution in [3.8, 4) is 0 Å². The van der Waals surface area contributed by atoms with E-state index in [1.165, 1.54) is 5.57 Å².